The number of nitrogens with one attached hydrogen (secondary N) is 1. The molecule has 0 unspecified atom stereocenters. The van der Waals surface area contributed by atoms with E-state index < -0.39 is 0 Å². The Kier molecular flexibility index (Phi) is 5.05. The van der Waals surface area contributed by atoms with Crippen LogP contribution in [0.25, 0.3) is 0 Å². The smallest absolute Gasteiger partial charge is 0.257 e. The molecule has 0 aliphatic heterocycles. The zero-order chi connectivity index (χ0) is 14.7. The van der Waals surface area contributed by atoms with Gasteiger partial charge in [-0.25, -0.2) is 0 Å². The maximum absolute atomic E-state index is 12.3. The summed E-state index contributed by atoms with van der Waals surface area (Å²) in [7, 11) is 0. The van der Waals surface area contributed by atoms with Gasteiger partial charge < -0.3 is 5.32 Å². The molecule has 1 amide bonds. The molecule has 2 aromatic rings. The van der Waals surface area contributed by atoms with Crippen molar-refractivity contribution in [2.24, 2.45) is 0 Å². The molecule has 0 saturated heterocycles. The van der Waals surface area contributed by atoms with Crippen molar-refractivity contribution in [1.82, 2.24) is 0 Å². The third-order valence-electron chi connectivity index (χ3n) is 3.07. The minimum atomic E-state index is -0.175. The summed E-state index contributed by atoms with van der Waals surface area (Å²) in [5.41, 5.74) is 3.50. The number of benzene rings is 2. The lowest BCUT2D eigenvalue weighted by molar-refractivity contribution is 0.102. The Labute approximate surface area is 137 Å². The molecule has 2 nitrogen and oxygen atoms in total. The second-order valence-corrected chi connectivity index (χ2v) is 6.25. The lowest BCUT2D eigenvalue weighted by Crippen LogP contribution is -2.14. The molecule has 0 atom stereocenters. The average molecular weight is 400 g/mol. The first-order valence-corrected chi connectivity index (χ1v) is 7.83. The van der Waals surface area contributed by atoms with Crippen molar-refractivity contribution in [3.8, 4) is 0 Å². The largest absolute Gasteiger partial charge is 0.322 e. The number of amides is 1. The van der Waals surface area contributed by atoms with E-state index in [2.05, 4.69) is 40.9 Å². The van der Waals surface area contributed by atoms with Crippen LogP contribution in [0.1, 0.15) is 28.4 Å². The van der Waals surface area contributed by atoms with Crippen molar-refractivity contribution in [2.75, 3.05) is 5.32 Å². The Morgan fingerprint density at radius 2 is 2.00 bits per heavy atom. The van der Waals surface area contributed by atoms with Gasteiger partial charge in [-0.1, -0.05) is 24.6 Å². The van der Waals surface area contributed by atoms with Gasteiger partial charge in [0.1, 0.15) is 0 Å². The van der Waals surface area contributed by atoms with Gasteiger partial charge in [0.05, 0.1) is 10.6 Å². The van der Waals surface area contributed by atoms with Crippen LogP contribution in [0.15, 0.2) is 36.4 Å². The zero-order valence-corrected chi connectivity index (χ0v) is 14.2. The summed E-state index contributed by atoms with van der Waals surface area (Å²) in [6.45, 7) is 4.02. The SMILES string of the molecule is CCc1cc(I)ccc1NC(=O)c1ccc(C)cc1Cl. The molecule has 0 aromatic heterocycles. The zero-order valence-electron chi connectivity index (χ0n) is 11.3. The first-order valence-electron chi connectivity index (χ1n) is 6.37. The van der Waals surface area contributed by atoms with Gasteiger partial charge in [0.15, 0.2) is 0 Å². The molecule has 0 saturated carbocycles. The van der Waals surface area contributed by atoms with Crippen LogP contribution in [0.2, 0.25) is 5.02 Å². The predicted octanol–water partition coefficient (Wildman–Crippen LogP) is 5.07. The molecule has 0 heterocycles. The molecule has 0 spiro atoms. The molecule has 0 radical (unpaired) electrons. The van der Waals surface area contributed by atoms with Gasteiger partial charge in [-0.3, -0.25) is 4.79 Å². The van der Waals surface area contributed by atoms with Gasteiger partial charge in [-0.15, -0.1) is 0 Å². The molecule has 0 aliphatic carbocycles. The van der Waals surface area contributed by atoms with Gasteiger partial charge in [0.2, 0.25) is 0 Å². The molecular weight excluding hydrogens is 385 g/mol. The van der Waals surface area contributed by atoms with E-state index in [1.54, 1.807) is 12.1 Å². The number of hydrogen-bond donors (Lipinski definition) is 1. The Bertz CT molecular complexity index is 655. The van der Waals surface area contributed by atoms with Crippen LogP contribution in [0.3, 0.4) is 0 Å². The molecule has 0 bridgehead atoms. The van der Waals surface area contributed by atoms with E-state index in [4.69, 9.17) is 11.6 Å². The number of carbonyl (C=O) groups excluding carboxylic acids is 1. The van der Waals surface area contributed by atoms with Crippen LogP contribution in [0.4, 0.5) is 5.69 Å². The summed E-state index contributed by atoms with van der Waals surface area (Å²) in [6, 6.07) is 11.4. The van der Waals surface area contributed by atoms with Gasteiger partial charge in [0.25, 0.3) is 5.91 Å². The highest BCUT2D eigenvalue weighted by Crippen LogP contribution is 2.23. The van der Waals surface area contributed by atoms with Crippen molar-refractivity contribution >= 4 is 45.8 Å². The molecule has 0 aliphatic rings. The van der Waals surface area contributed by atoms with Crippen molar-refractivity contribution < 1.29 is 4.79 Å². The van der Waals surface area contributed by atoms with E-state index in [9.17, 15) is 4.79 Å². The molecular formula is C16H15ClINO. The Morgan fingerprint density at radius 3 is 2.65 bits per heavy atom. The van der Waals surface area contributed by atoms with Crippen LogP contribution < -0.4 is 5.32 Å². The Hall–Kier alpha value is -1.07. The molecule has 104 valence electrons. The average Bonchev–Trinajstić information content (AvgIpc) is 2.40. The summed E-state index contributed by atoms with van der Waals surface area (Å²) in [5, 5.41) is 3.42. The molecule has 4 heteroatoms. The molecule has 20 heavy (non-hydrogen) atoms. The first kappa shape index (κ1) is 15.3. The van der Waals surface area contributed by atoms with Gasteiger partial charge in [0, 0.05) is 9.26 Å². The Morgan fingerprint density at radius 1 is 1.25 bits per heavy atom. The summed E-state index contributed by atoms with van der Waals surface area (Å²) >= 11 is 8.39. The van der Waals surface area contributed by atoms with Crippen molar-refractivity contribution in [3.05, 3.63) is 61.7 Å². The third-order valence-corrected chi connectivity index (χ3v) is 4.05. The van der Waals surface area contributed by atoms with Crippen molar-refractivity contribution in [2.45, 2.75) is 20.3 Å². The second kappa shape index (κ2) is 6.59. The molecule has 2 aromatic carbocycles. The first-order chi connectivity index (χ1) is 9.51. The van der Waals surface area contributed by atoms with Crippen LogP contribution >= 0.6 is 34.2 Å². The lowest BCUT2D eigenvalue weighted by atomic mass is 10.1. The van der Waals surface area contributed by atoms with Gasteiger partial charge in [-0.05, 0) is 77.4 Å². The number of halogens is 2. The summed E-state index contributed by atoms with van der Waals surface area (Å²) in [6.07, 6.45) is 0.869. The summed E-state index contributed by atoms with van der Waals surface area (Å²) in [4.78, 5) is 12.3. The van der Waals surface area contributed by atoms with Gasteiger partial charge >= 0.3 is 0 Å². The highest BCUT2D eigenvalue weighted by molar-refractivity contribution is 14.1. The lowest BCUT2D eigenvalue weighted by Gasteiger charge is -2.11. The molecule has 0 fully saturated rings. The van der Waals surface area contributed by atoms with Crippen molar-refractivity contribution in [1.29, 1.82) is 0 Å². The number of aryl methyl sites for hydroxylation is 2. The number of rotatable bonds is 3. The predicted molar refractivity (Wildman–Crippen MR) is 92.7 cm³/mol. The van der Waals surface area contributed by atoms with E-state index in [1.807, 2.05) is 25.1 Å². The second-order valence-electron chi connectivity index (χ2n) is 4.59. The minimum Gasteiger partial charge on any atom is -0.322 e. The number of hydrogen-bond acceptors (Lipinski definition) is 1. The normalized spacial score (nSPS) is 10.4. The highest BCUT2D eigenvalue weighted by Gasteiger charge is 2.12. The maximum Gasteiger partial charge on any atom is 0.257 e. The topological polar surface area (TPSA) is 29.1 Å². The van der Waals surface area contributed by atoms with Crippen LogP contribution in [-0.2, 0) is 6.42 Å². The number of carbonyl (C=O) groups is 1. The van der Waals surface area contributed by atoms with E-state index in [1.165, 1.54) is 0 Å². The fourth-order valence-electron chi connectivity index (χ4n) is 1.97. The Balaban J connectivity index is 2.28. The van der Waals surface area contributed by atoms with E-state index >= 15 is 0 Å². The quantitative estimate of drug-likeness (QED) is 0.718. The monoisotopic (exact) mass is 399 g/mol. The molecule has 2 rings (SSSR count). The third kappa shape index (κ3) is 3.52. The van der Waals surface area contributed by atoms with Gasteiger partial charge in [-0.2, -0.15) is 0 Å². The summed E-state index contributed by atoms with van der Waals surface area (Å²) in [5.74, 6) is -0.175. The van der Waals surface area contributed by atoms with E-state index in [0.29, 0.717) is 10.6 Å². The van der Waals surface area contributed by atoms with E-state index in [0.717, 1.165) is 26.8 Å². The van der Waals surface area contributed by atoms with Crippen molar-refractivity contribution in [3.63, 3.8) is 0 Å². The standard InChI is InChI=1S/C16H15ClINO/c1-3-11-9-12(18)5-7-15(11)19-16(20)13-6-4-10(2)8-14(13)17/h4-9H,3H2,1-2H3,(H,19,20). The van der Waals surface area contributed by atoms with Crippen LogP contribution in [0.5, 0.6) is 0 Å². The number of anilines is 1. The summed E-state index contributed by atoms with van der Waals surface area (Å²) < 4.78 is 1.16. The van der Waals surface area contributed by atoms with Crippen LogP contribution in [-0.4, -0.2) is 5.91 Å². The molecule has 1 N–H and O–H groups in total. The fraction of sp³-hybridized carbons (Fsp3) is 0.188. The van der Waals surface area contributed by atoms with Crippen LogP contribution in [0, 0.1) is 10.5 Å². The highest BCUT2D eigenvalue weighted by atomic mass is 127. The minimum absolute atomic E-state index is 0.175. The maximum atomic E-state index is 12.3. The van der Waals surface area contributed by atoms with E-state index in [-0.39, 0.29) is 5.91 Å². The fourth-order valence-corrected chi connectivity index (χ4v) is 2.85.